The van der Waals surface area contributed by atoms with Crippen LogP contribution in [-0.2, 0) is 0 Å². The smallest absolute Gasteiger partial charge is 0.137 e. The van der Waals surface area contributed by atoms with Crippen molar-refractivity contribution in [3.05, 3.63) is 17.0 Å². The van der Waals surface area contributed by atoms with E-state index < -0.39 is 0 Å². The van der Waals surface area contributed by atoms with Gasteiger partial charge in [0.15, 0.2) is 0 Å². The Hall–Kier alpha value is -0.830. The highest BCUT2D eigenvalue weighted by Gasteiger charge is 2.36. The van der Waals surface area contributed by atoms with Gasteiger partial charge in [-0.05, 0) is 25.2 Å². The van der Waals surface area contributed by atoms with Gasteiger partial charge in [0.1, 0.15) is 17.3 Å². The molecule has 2 rings (SSSR count). The number of rotatable bonds is 2. The van der Waals surface area contributed by atoms with Crippen LogP contribution in [0.25, 0.3) is 0 Å². The van der Waals surface area contributed by atoms with Crippen LogP contribution in [0.15, 0.2) is 6.33 Å². The molecule has 1 aromatic rings. The summed E-state index contributed by atoms with van der Waals surface area (Å²) in [6.45, 7) is 6.50. The molecule has 0 aromatic carbocycles. The van der Waals surface area contributed by atoms with Gasteiger partial charge in [0.25, 0.3) is 0 Å². The van der Waals surface area contributed by atoms with Crippen molar-refractivity contribution in [2.45, 2.75) is 39.7 Å². The lowest BCUT2D eigenvalue weighted by Crippen LogP contribution is -2.41. The first-order valence-corrected chi connectivity index (χ1v) is 5.59. The molecular formula is C11H16ClN3. The van der Waals surface area contributed by atoms with Crippen LogP contribution >= 0.6 is 11.6 Å². The molecule has 1 saturated carbocycles. The number of hydrogen-bond acceptors (Lipinski definition) is 3. The fourth-order valence-corrected chi connectivity index (χ4v) is 2.28. The second-order valence-corrected chi connectivity index (χ2v) is 5.41. The Morgan fingerprint density at radius 1 is 1.40 bits per heavy atom. The standard InChI is InChI=1S/C11H16ClN3/c1-7-9(12)13-6-14-10(7)15-8-4-11(2,3)5-8/h6,8H,4-5H2,1-3H3,(H,13,14,15). The number of anilines is 1. The molecule has 82 valence electrons. The molecule has 1 N–H and O–H groups in total. The van der Waals surface area contributed by atoms with E-state index in [1.54, 1.807) is 0 Å². The van der Waals surface area contributed by atoms with Crippen LogP contribution in [0.1, 0.15) is 32.3 Å². The SMILES string of the molecule is Cc1c(Cl)ncnc1NC1CC(C)(C)C1. The van der Waals surface area contributed by atoms with Gasteiger partial charge < -0.3 is 5.32 Å². The quantitative estimate of drug-likeness (QED) is 0.787. The molecule has 1 aliphatic rings. The molecule has 0 aliphatic heterocycles. The molecule has 0 spiro atoms. The third-order valence-corrected chi connectivity index (χ3v) is 3.34. The van der Waals surface area contributed by atoms with Crippen LogP contribution in [0.3, 0.4) is 0 Å². The fourth-order valence-electron chi connectivity index (χ4n) is 2.14. The van der Waals surface area contributed by atoms with Crippen LogP contribution in [0.4, 0.5) is 5.82 Å². The minimum Gasteiger partial charge on any atom is -0.367 e. The molecule has 1 fully saturated rings. The molecule has 1 aliphatic carbocycles. The zero-order valence-corrected chi connectivity index (χ0v) is 10.1. The fraction of sp³-hybridized carbons (Fsp3) is 0.636. The Balaban J connectivity index is 2.03. The predicted molar refractivity (Wildman–Crippen MR) is 62.2 cm³/mol. The molecule has 0 unspecified atom stereocenters. The van der Waals surface area contributed by atoms with E-state index in [1.807, 2.05) is 6.92 Å². The van der Waals surface area contributed by atoms with E-state index in [2.05, 4.69) is 29.1 Å². The van der Waals surface area contributed by atoms with Crippen molar-refractivity contribution in [1.82, 2.24) is 9.97 Å². The summed E-state index contributed by atoms with van der Waals surface area (Å²) in [4.78, 5) is 8.14. The van der Waals surface area contributed by atoms with E-state index >= 15 is 0 Å². The number of halogens is 1. The number of aromatic nitrogens is 2. The van der Waals surface area contributed by atoms with Gasteiger partial charge in [-0.15, -0.1) is 0 Å². The number of nitrogens with one attached hydrogen (secondary N) is 1. The second-order valence-electron chi connectivity index (χ2n) is 5.05. The number of hydrogen-bond donors (Lipinski definition) is 1. The van der Waals surface area contributed by atoms with E-state index in [0.29, 0.717) is 16.6 Å². The van der Waals surface area contributed by atoms with Crippen molar-refractivity contribution in [1.29, 1.82) is 0 Å². The molecule has 0 radical (unpaired) electrons. The van der Waals surface area contributed by atoms with Gasteiger partial charge in [-0.2, -0.15) is 0 Å². The van der Waals surface area contributed by atoms with Crippen LogP contribution in [-0.4, -0.2) is 16.0 Å². The Morgan fingerprint density at radius 2 is 2.07 bits per heavy atom. The van der Waals surface area contributed by atoms with E-state index in [0.717, 1.165) is 11.4 Å². The molecule has 1 heterocycles. The second kappa shape index (κ2) is 3.63. The zero-order chi connectivity index (χ0) is 11.1. The minimum absolute atomic E-state index is 0.475. The van der Waals surface area contributed by atoms with Crippen LogP contribution in [0.2, 0.25) is 5.15 Å². The van der Waals surface area contributed by atoms with Crippen LogP contribution in [0, 0.1) is 12.3 Å². The van der Waals surface area contributed by atoms with Crippen LogP contribution < -0.4 is 5.32 Å². The van der Waals surface area contributed by atoms with Gasteiger partial charge in [-0.3, -0.25) is 0 Å². The average molecular weight is 226 g/mol. The van der Waals surface area contributed by atoms with Gasteiger partial charge in [0, 0.05) is 11.6 Å². The summed E-state index contributed by atoms with van der Waals surface area (Å²) in [5.74, 6) is 0.871. The summed E-state index contributed by atoms with van der Waals surface area (Å²) >= 11 is 5.92. The summed E-state index contributed by atoms with van der Waals surface area (Å²) in [7, 11) is 0. The van der Waals surface area contributed by atoms with Gasteiger partial charge in [0.05, 0.1) is 0 Å². The van der Waals surface area contributed by atoms with Crippen molar-refractivity contribution in [3.63, 3.8) is 0 Å². The molecule has 0 atom stereocenters. The van der Waals surface area contributed by atoms with E-state index in [-0.39, 0.29) is 0 Å². The van der Waals surface area contributed by atoms with Gasteiger partial charge in [-0.25, -0.2) is 9.97 Å². The molecule has 15 heavy (non-hydrogen) atoms. The van der Waals surface area contributed by atoms with Crippen molar-refractivity contribution in [2.24, 2.45) is 5.41 Å². The summed E-state index contributed by atoms with van der Waals surface area (Å²) < 4.78 is 0. The summed E-state index contributed by atoms with van der Waals surface area (Å²) in [6, 6.07) is 0.532. The Kier molecular flexibility index (Phi) is 2.59. The highest BCUT2D eigenvalue weighted by molar-refractivity contribution is 6.30. The first kappa shape index (κ1) is 10.7. The lowest BCUT2D eigenvalue weighted by atomic mass is 9.68. The molecule has 1 aromatic heterocycles. The highest BCUT2D eigenvalue weighted by atomic mass is 35.5. The maximum Gasteiger partial charge on any atom is 0.137 e. The monoisotopic (exact) mass is 225 g/mol. The molecular weight excluding hydrogens is 210 g/mol. The largest absolute Gasteiger partial charge is 0.367 e. The molecule has 4 heteroatoms. The first-order valence-electron chi connectivity index (χ1n) is 5.21. The van der Waals surface area contributed by atoms with E-state index in [4.69, 9.17) is 11.6 Å². The van der Waals surface area contributed by atoms with Crippen molar-refractivity contribution in [2.75, 3.05) is 5.32 Å². The summed E-state index contributed by atoms with van der Waals surface area (Å²) in [5.41, 5.74) is 1.41. The van der Waals surface area contributed by atoms with Gasteiger partial charge >= 0.3 is 0 Å². The Bertz CT molecular complexity index is 368. The predicted octanol–water partition coefficient (Wildman–Crippen LogP) is 3.04. The van der Waals surface area contributed by atoms with Crippen molar-refractivity contribution < 1.29 is 0 Å². The maximum absolute atomic E-state index is 5.92. The summed E-state index contributed by atoms with van der Waals surface area (Å²) in [6.07, 6.45) is 3.88. The minimum atomic E-state index is 0.475. The normalized spacial score (nSPS) is 19.7. The van der Waals surface area contributed by atoms with Gasteiger partial charge in [-0.1, -0.05) is 25.4 Å². The average Bonchev–Trinajstić information content (AvgIpc) is 2.10. The lowest BCUT2D eigenvalue weighted by Gasteiger charge is -2.43. The van der Waals surface area contributed by atoms with Crippen LogP contribution in [0.5, 0.6) is 0 Å². The Morgan fingerprint density at radius 3 is 2.67 bits per heavy atom. The molecule has 0 amide bonds. The summed E-state index contributed by atoms with van der Waals surface area (Å²) in [5, 5.41) is 3.94. The number of nitrogens with zero attached hydrogens (tertiary/aromatic N) is 2. The van der Waals surface area contributed by atoms with E-state index in [1.165, 1.54) is 19.2 Å². The van der Waals surface area contributed by atoms with Crippen molar-refractivity contribution >= 4 is 17.4 Å². The van der Waals surface area contributed by atoms with Crippen molar-refractivity contribution in [3.8, 4) is 0 Å². The Labute approximate surface area is 95.3 Å². The van der Waals surface area contributed by atoms with E-state index in [9.17, 15) is 0 Å². The zero-order valence-electron chi connectivity index (χ0n) is 9.34. The topological polar surface area (TPSA) is 37.8 Å². The van der Waals surface area contributed by atoms with Gasteiger partial charge in [0.2, 0.25) is 0 Å². The maximum atomic E-state index is 5.92. The molecule has 3 nitrogen and oxygen atoms in total. The molecule has 0 saturated heterocycles. The first-order chi connectivity index (χ1) is 6.98. The third kappa shape index (κ3) is 2.23. The third-order valence-electron chi connectivity index (χ3n) is 2.96. The molecule has 0 bridgehead atoms. The lowest BCUT2D eigenvalue weighted by molar-refractivity contribution is 0.167. The highest BCUT2D eigenvalue weighted by Crippen LogP contribution is 2.41.